The molecule has 1 aromatic carbocycles. The Bertz CT molecular complexity index is 1010. The van der Waals surface area contributed by atoms with Crippen LogP contribution in [-0.4, -0.2) is 30.6 Å². The van der Waals surface area contributed by atoms with Gasteiger partial charge in [0.1, 0.15) is 16.5 Å². The highest BCUT2D eigenvalue weighted by molar-refractivity contribution is 7.11. The monoisotopic (exact) mass is 397 g/mol. The van der Waals surface area contributed by atoms with Gasteiger partial charge in [-0.2, -0.15) is 0 Å². The molecule has 0 saturated carbocycles. The Labute approximate surface area is 166 Å². The van der Waals surface area contributed by atoms with Crippen LogP contribution in [0.2, 0.25) is 0 Å². The first-order valence-corrected chi connectivity index (χ1v) is 9.49. The Kier molecular flexibility index (Phi) is 6.06. The van der Waals surface area contributed by atoms with Crippen molar-refractivity contribution in [3.63, 3.8) is 0 Å². The molecule has 0 aliphatic carbocycles. The first-order valence-electron chi connectivity index (χ1n) is 8.61. The number of furan rings is 1. The lowest BCUT2D eigenvalue weighted by Crippen LogP contribution is -2.03. The van der Waals surface area contributed by atoms with Crippen LogP contribution in [0.15, 0.2) is 46.2 Å². The van der Waals surface area contributed by atoms with E-state index in [1.165, 1.54) is 18.4 Å². The van der Waals surface area contributed by atoms with E-state index < -0.39 is 5.97 Å². The maximum atomic E-state index is 12.1. The lowest BCUT2D eigenvalue weighted by molar-refractivity contribution is -0.133. The molecule has 0 amide bonds. The minimum atomic E-state index is -0.480. The molecule has 0 atom stereocenters. The molecule has 0 aliphatic rings. The summed E-state index contributed by atoms with van der Waals surface area (Å²) in [5, 5.41) is 2.44. The van der Waals surface area contributed by atoms with E-state index in [0.29, 0.717) is 34.3 Å². The molecular formula is C21H19NO5S. The first kappa shape index (κ1) is 19.6. The van der Waals surface area contributed by atoms with Gasteiger partial charge in [0.2, 0.25) is 0 Å². The molecule has 0 aliphatic heterocycles. The highest BCUT2D eigenvalue weighted by atomic mass is 32.1. The summed E-state index contributed by atoms with van der Waals surface area (Å²) in [7, 11) is 1.33. The van der Waals surface area contributed by atoms with Gasteiger partial charge in [0.25, 0.3) is 0 Å². The van der Waals surface area contributed by atoms with Gasteiger partial charge >= 0.3 is 11.9 Å². The van der Waals surface area contributed by atoms with Crippen molar-refractivity contribution in [3.05, 3.63) is 63.8 Å². The number of methoxy groups -OCH3 is 1. The fourth-order valence-corrected chi connectivity index (χ4v) is 3.31. The van der Waals surface area contributed by atoms with Crippen molar-refractivity contribution in [3.8, 4) is 11.3 Å². The third-order valence-electron chi connectivity index (χ3n) is 3.85. The summed E-state index contributed by atoms with van der Waals surface area (Å²) < 4.78 is 15.7. The Hall–Kier alpha value is -3.19. The zero-order valence-electron chi connectivity index (χ0n) is 15.7. The maximum Gasteiger partial charge on any atom is 0.341 e. The van der Waals surface area contributed by atoms with E-state index in [1.54, 1.807) is 49.4 Å². The van der Waals surface area contributed by atoms with Crippen molar-refractivity contribution < 1.29 is 23.5 Å². The van der Waals surface area contributed by atoms with Crippen LogP contribution in [0.5, 0.6) is 0 Å². The van der Waals surface area contributed by atoms with Crippen LogP contribution < -0.4 is 0 Å². The van der Waals surface area contributed by atoms with E-state index >= 15 is 0 Å². The van der Waals surface area contributed by atoms with Crippen molar-refractivity contribution in [2.45, 2.75) is 13.8 Å². The predicted octanol–water partition coefficient (Wildman–Crippen LogP) is 4.60. The van der Waals surface area contributed by atoms with E-state index in [-0.39, 0.29) is 5.97 Å². The number of carbonyl (C=O) groups excluding carboxylic acids is 2. The van der Waals surface area contributed by atoms with Crippen molar-refractivity contribution in [2.24, 2.45) is 0 Å². The number of thiazole rings is 1. The Morgan fingerprint density at radius 3 is 2.54 bits per heavy atom. The lowest BCUT2D eigenvalue weighted by Gasteiger charge is -2.03. The topological polar surface area (TPSA) is 78.6 Å². The highest BCUT2D eigenvalue weighted by Crippen LogP contribution is 2.27. The van der Waals surface area contributed by atoms with Gasteiger partial charge in [0, 0.05) is 16.6 Å². The number of nitrogens with zero attached hydrogens (tertiary/aromatic N) is 1. The van der Waals surface area contributed by atoms with Gasteiger partial charge in [-0.15, -0.1) is 11.3 Å². The number of aryl methyl sites for hydroxylation is 1. The Morgan fingerprint density at radius 2 is 1.93 bits per heavy atom. The van der Waals surface area contributed by atoms with Crippen LogP contribution in [-0.2, 0) is 14.3 Å². The molecule has 6 nitrogen and oxygen atoms in total. The molecule has 3 rings (SSSR count). The molecule has 0 saturated heterocycles. The number of esters is 2. The van der Waals surface area contributed by atoms with Gasteiger partial charge in [-0.25, -0.2) is 14.6 Å². The normalized spacial score (nSPS) is 11.3. The number of benzene rings is 1. The summed E-state index contributed by atoms with van der Waals surface area (Å²) in [5.74, 6) is 0.267. The fourth-order valence-electron chi connectivity index (χ4n) is 2.51. The maximum absolute atomic E-state index is 12.1. The predicted molar refractivity (Wildman–Crippen MR) is 107 cm³/mol. The zero-order valence-corrected chi connectivity index (χ0v) is 16.5. The second-order valence-electron chi connectivity index (χ2n) is 5.84. The van der Waals surface area contributed by atoms with E-state index in [4.69, 9.17) is 13.9 Å². The van der Waals surface area contributed by atoms with Crippen molar-refractivity contribution in [1.82, 2.24) is 4.98 Å². The van der Waals surface area contributed by atoms with E-state index in [9.17, 15) is 9.59 Å². The third kappa shape index (κ3) is 4.37. The summed E-state index contributed by atoms with van der Waals surface area (Å²) in [6.45, 7) is 3.95. The molecule has 0 unspecified atom stereocenters. The molecule has 0 N–H and O–H groups in total. The molecule has 3 aromatic rings. The molecule has 0 radical (unpaired) electrons. The van der Waals surface area contributed by atoms with Crippen LogP contribution in [0.3, 0.4) is 0 Å². The average Bonchev–Trinajstić information content (AvgIpc) is 3.35. The summed E-state index contributed by atoms with van der Waals surface area (Å²) in [6, 6.07) is 10.5. The number of rotatable bonds is 6. The second kappa shape index (κ2) is 8.67. The van der Waals surface area contributed by atoms with Crippen molar-refractivity contribution in [2.75, 3.05) is 13.7 Å². The smallest absolute Gasteiger partial charge is 0.341 e. The van der Waals surface area contributed by atoms with Crippen LogP contribution in [0.4, 0.5) is 0 Å². The molecule has 28 heavy (non-hydrogen) atoms. The number of hydrogen-bond acceptors (Lipinski definition) is 7. The van der Waals surface area contributed by atoms with Gasteiger partial charge in [-0.1, -0.05) is 12.1 Å². The van der Waals surface area contributed by atoms with Gasteiger partial charge in [0.05, 0.1) is 24.9 Å². The largest absolute Gasteiger partial charge is 0.465 e. The SMILES string of the molecule is CCOC(=O)c1ccc(-c2ccc(/C=C(\C(=O)OC)c3nc(C)cs3)o2)cc1. The molecule has 0 spiro atoms. The molecule has 2 heterocycles. The molecule has 2 aromatic heterocycles. The van der Waals surface area contributed by atoms with Crippen LogP contribution in [0.1, 0.15) is 33.7 Å². The van der Waals surface area contributed by atoms with Gasteiger partial charge in [0.15, 0.2) is 0 Å². The summed E-state index contributed by atoms with van der Waals surface area (Å²) in [4.78, 5) is 28.2. The zero-order chi connectivity index (χ0) is 20.1. The first-order chi connectivity index (χ1) is 13.5. The summed E-state index contributed by atoms with van der Waals surface area (Å²) in [6.07, 6.45) is 1.61. The van der Waals surface area contributed by atoms with Crippen LogP contribution >= 0.6 is 11.3 Å². The highest BCUT2D eigenvalue weighted by Gasteiger charge is 2.17. The van der Waals surface area contributed by atoms with Crippen LogP contribution in [0.25, 0.3) is 23.0 Å². The Balaban J connectivity index is 1.87. The molecule has 0 bridgehead atoms. The van der Waals surface area contributed by atoms with Crippen molar-refractivity contribution >= 4 is 34.9 Å². The average molecular weight is 397 g/mol. The minimum absolute atomic E-state index is 0.329. The summed E-state index contributed by atoms with van der Waals surface area (Å²) in [5.41, 5.74) is 2.44. The molecule has 0 fully saturated rings. The number of hydrogen-bond donors (Lipinski definition) is 0. The van der Waals surface area contributed by atoms with E-state index in [1.807, 2.05) is 12.3 Å². The lowest BCUT2D eigenvalue weighted by atomic mass is 10.1. The standard InChI is InChI=1S/C21H19NO5S/c1-4-26-20(23)15-7-5-14(6-8-15)18-10-9-16(27-18)11-17(21(24)25-3)19-22-13(2)12-28-19/h5-12H,4H2,1-3H3/b17-11-. The number of carbonyl (C=O) groups is 2. The Morgan fingerprint density at radius 1 is 1.18 bits per heavy atom. The van der Waals surface area contributed by atoms with Crippen molar-refractivity contribution in [1.29, 1.82) is 0 Å². The molecule has 7 heteroatoms. The van der Waals surface area contributed by atoms with Gasteiger partial charge in [-0.05, 0) is 44.2 Å². The number of ether oxygens (including phenoxy) is 2. The minimum Gasteiger partial charge on any atom is -0.465 e. The quantitative estimate of drug-likeness (QED) is 0.447. The molecular weight excluding hydrogens is 378 g/mol. The van der Waals surface area contributed by atoms with Crippen LogP contribution in [0, 0.1) is 6.92 Å². The summed E-state index contributed by atoms with van der Waals surface area (Å²) >= 11 is 1.37. The fraction of sp³-hybridized carbons (Fsp3) is 0.190. The third-order valence-corrected chi connectivity index (χ3v) is 4.84. The van der Waals surface area contributed by atoms with E-state index in [2.05, 4.69) is 4.98 Å². The van der Waals surface area contributed by atoms with Gasteiger partial charge in [-0.3, -0.25) is 0 Å². The van der Waals surface area contributed by atoms with E-state index in [0.717, 1.165) is 11.3 Å². The van der Waals surface area contributed by atoms with Gasteiger partial charge < -0.3 is 13.9 Å². The molecule has 144 valence electrons. The number of aromatic nitrogens is 1. The second-order valence-corrected chi connectivity index (χ2v) is 6.70.